The SMILES string of the molecule is CC(C)[C@@H](Nc1ncnc2[nH]ccc12)c1ccc(C(F)(F)F)cc1. The minimum absolute atomic E-state index is 0.158. The summed E-state index contributed by atoms with van der Waals surface area (Å²) >= 11 is 0. The van der Waals surface area contributed by atoms with Gasteiger partial charge in [0.05, 0.1) is 17.0 Å². The average molecular weight is 334 g/mol. The van der Waals surface area contributed by atoms with Crippen LogP contribution in [0.15, 0.2) is 42.9 Å². The predicted molar refractivity (Wildman–Crippen MR) is 86.5 cm³/mol. The van der Waals surface area contributed by atoms with Crippen molar-refractivity contribution in [3.8, 4) is 0 Å². The van der Waals surface area contributed by atoms with E-state index in [2.05, 4.69) is 20.3 Å². The number of H-pyrrole nitrogens is 1. The van der Waals surface area contributed by atoms with Crippen LogP contribution in [0.1, 0.15) is 31.0 Å². The number of halogens is 3. The molecule has 4 nitrogen and oxygen atoms in total. The van der Waals surface area contributed by atoms with Crippen LogP contribution in [0.3, 0.4) is 0 Å². The molecule has 0 radical (unpaired) electrons. The normalized spacial score (nSPS) is 13.4. The highest BCUT2D eigenvalue weighted by Crippen LogP contribution is 2.32. The smallest absolute Gasteiger partial charge is 0.362 e. The van der Waals surface area contributed by atoms with Crippen molar-refractivity contribution in [2.24, 2.45) is 5.92 Å². The number of benzene rings is 1. The first kappa shape index (κ1) is 16.3. The molecule has 2 heterocycles. The summed E-state index contributed by atoms with van der Waals surface area (Å²) in [6.07, 6.45) is -1.11. The van der Waals surface area contributed by atoms with Crippen LogP contribution < -0.4 is 5.32 Å². The Balaban J connectivity index is 1.92. The lowest BCUT2D eigenvalue weighted by Crippen LogP contribution is -2.18. The summed E-state index contributed by atoms with van der Waals surface area (Å²) in [6, 6.07) is 6.94. The monoisotopic (exact) mass is 334 g/mol. The first-order valence-electron chi connectivity index (χ1n) is 7.58. The molecule has 126 valence electrons. The summed E-state index contributed by atoms with van der Waals surface area (Å²) in [7, 11) is 0. The third kappa shape index (κ3) is 3.20. The standard InChI is InChI=1S/C17H17F3N4/c1-10(2)14(11-3-5-12(6-4-11)17(18,19)20)24-16-13-7-8-21-15(13)22-9-23-16/h3-10,14H,1-2H3,(H2,21,22,23,24)/t14-/m1/s1. The van der Waals surface area contributed by atoms with E-state index >= 15 is 0 Å². The van der Waals surface area contributed by atoms with Crippen molar-refractivity contribution in [1.29, 1.82) is 0 Å². The van der Waals surface area contributed by atoms with E-state index in [9.17, 15) is 13.2 Å². The number of nitrogens with zero attached hydrogens (tertiary/aromatic N) is 2. The molecule has 0 saturated carbocycles. The van der Waals surface area contributed by atoms with Gasteiger partial charge in [0.25, 0.3) is 0 Å². The van der Waals surface area contributed by atoms with Crippen molar-refractivity contribution in [3.63, 3.8) is 0 Å². The molecular formula is C17H17F3N4. The fourth-order valence-corrected chi connectivity index (χ4v) is 2.65. The van der Waals surface area contributed by atoms with Crippen LogP contribution in [0.2, 0.25) is 0 Å². The van der Waals surface area contributed by atoms with Gasteiger partial charge in [0.1, 0.15) is 17.8 Å². The molecule has 3 aromatic rings. The number of rotatable bonds is 4. The Hall–Kier alpha value is -2.57. The van der Waals surface area contributed by atoms with Crippen molar-refractivity contribution in [2.45, 2.75) is 26.1 Å². The van der Waals surface area contributed by atoms with Crippen LogP contribution in [0.4, 0.5) is 19.0 Å². The van der Waals surface area contributed by atoms with Crippen LogP contribution in [0, 0.1) is 5.92 Å². The minimum atomic E-state index is -4.33. The summed E-state index contributed by atoms with van der Waals surface area (Å²) < 4.78 is 38.2. The molecule has 0 bridgehead atoms. The number of hydrogen-bond donors (Lipinski definition) is 2. The van der Waals surface area contributed by atoms with Gasteiger partial charge in [-0.15, -0.1) is 0 Å². The van der Waals surface area contributed by atoms with E-state index in [-0.39, 0.29) is 12.0 Å². The molecule has 0 unspecified atom stereocenters. The average Bonchev–Trinajstić information content (AvgIpc) is 3.01. The van der Waals surface area contributed by atoms with Crippen LogP contribution in [-0.2, 0) is 6.18 Å². The van der Waals surface area contributed by atoms with Gasteiger partial charge in [-0.1, -0.05) is 26.0 Å². The zero-order chi connectivity index (χ0) is 17.3. The molecule has 0 saturated heterocycles. The highest BCUT2D eigenvalue weighted by atomic mass is 19.4. The third-order valence-corrected chi connectivity index (χ3v) is 3.91. The molecule has 0 aliphatic rings. The van der Waals surface area contributed by atoms with Gasteiger partial charge in [-0.3, -0.25) is 0 Å². The van der Waals surface area contributed by atoms with Gasteiger partial charge in [0.2, 0.25) is 0 Å². The number of aromatic nitrogens is 3. The molecule has 0 aliphatic carbocycles. The molecule has 1 aromatic carbocycles. The fourth-order valence-electron chi connectivity index (χ4n) is 2.65. The van der Waals surface area contributed by atoms with Gasteiger partial charge in [0.15, 0.2) is 0 Å². The second kappa shape index (κ2) is 6.14. The number of nitrogens with one attached hydrogen (secondary N) is 2. The Morgan fingerprint density at radius 1 is 1.04 bits per heavy atom. The Morgan fingerprint density at radius 2 is 1.75 bits per heavy atom. The summed E-state index contributed by atoms with van der Waals surface area (Å²) in [4.78, 5) is 11.4. The van der Waals surface area contributed by atoms with Gasteiger partial charge in [-0.25, -0.2) is 9.97 Å². The highest BCUT2D eigenvalue weighted by molar-refractivity contribution is 5.86. The van der Waals surface area contributed by atoms with Crippen molar-refractivity contribution < 1.29 is 13.2 Å². The Morgan fingerprint density at radius 3 is 2.38 bits per heavy atom. The molecule has 0 fully saturated rings. The number of fused-ring (bicyclic) bond motifs is 1. The van der Waals surface area contributed by atoms with Gasteiger partial charge in [-0.2, -0.15) is 13.2 Å². The van der Waals surface area contributed by atoms with E-state index in [0.717, 1.165) is 23.1 Å². The third-order valence-electron chi connectivity index (χ3n) is 3.91. The highest BCUT2D eigenvalue weighted by Gasteiger charge is 2.30. The van der Waals surface area contributed by atoms with Crippen molar-refractivity contribution in [1.82, 2.24) is 15.0 Å². The maximum absolute atomic E-state index is 12.7. The molecule has 0 spiro atoms. The zero-order valence-electron chi connectivity index (χ0n) is 13.2. The summed E-state index contributed by atoms with van der Waals surface area (Å²) in [6.45, 7) is 4.01. The molecule has 24 heavy (non-hydrogen) atoms. The number of alkyl halides is 3. The molecule has 1 atom stereocenters. The van der Waals surface area contributed by atoms with Crippen molar-refractivity contribution in [2.75, 3.05) is 5.32 Å². The van der Waals surface area contributed by atoms with Crippen LogP contribution in [0.25, 0.3) is 11.0 Å². The van der Waals surface area contributed by atoms with Gasteiger partial charge in [-0.05, 0) is 29.7 Å². The predicted octanol–water partition coefficient (Wildman–Crippen LogP) is 4.79. The number of hydrogen-bond acceptors (Lipinski definition) is 3. The maximum atomic E-state index is 12.7. The summed E-state index contributed by atoms with van der Waals surface area (Å²) in [5.41, 5.74) is 0.839. The minimum Gasteiger partial charge on any atom is -0.362 e. The lowest BCUT2D eigenvalue weighted by atomic mass is 9.95. The number of anilines is 1. The summed E-state index contributed by atoms with van der Waals surface area (Å²) in [5.74, 6) is 0.811. The summed E-state index contributed by atoms with van der Waals surface area (Å²) in [5, 5.41) is 4.17. The molecule has 0 aliphatic heterocycles. The first-order chi connectivity index (χ1) is 11.4. The fraction of sp³-hybridized carbons (Fsp3) is 0.294. The van der Waals surface area contributed by atoms with Crippen molar-refractivity contribution >= 4 is 16.9 Å². The van der Waals surface area contributed by atoms with E-state index in [1.807, 2.05) is 19.9 Å². The van der Waals surface area contributed by atoms with E-state index in [1.165, 1.54) is 18.5 Å². The second-order valence-electron chi connectivity index (χ2n) is 5.95. The Labute approximate surface area is 137 Å². The molecule has 7 heteroatoms. The largest absolute Gasteiger partial charge is 0.416 e. The van der Waals surface area contributed by atoms with Crippen LogP contribution >= 0.6 is 0 Å². The molecule has 2 aromatic heterocycles. The van der Waals surface area contributed by atoms with Gasteiger partial charge < -0.3 is 10.3 Å². The second-order valence-corrected chi connectivity index (χ2v) is 5.95. The molecule has 3 rings (SSSR count). The Kier molecular flexibility index (Phi) is 4.17. The lowest BCUT2D eigenvalue weighted by Gasteiger charge is -2.24. The maximum Gasteiger partial charge on any atom is 0.416 e. The zero-order valence-corrected chi connectivity index (χ0v) is 13.2. The lowest BCUT2D eigenvalue weighted by molar-refractivity contribution is -0.137. The Bertz CT molecular complexity index is 822. The van der Waals surface area contributed by atoms with E-state index in [1.54, 1.807) is 6.20 Å². The topological polar surface area (TPSA) is 53.6 Å². The van der Waals surface area contributed by atoms with Gasteiger partial charge in [0, 0.05) is 6.20 Å². The quantitative estimate of drug-likeness (QED) is 0.721. The first-order valence-corrected chi connectivity index (χ1v) is 7.58. The molecule has 2 N–H and O–H groups in total. The molecule has 0 amide bonds. The van der Waals surface area contributed by atoms with E-state index in [0.29, 0.717) is 11.5 Å². The van der Waals surface area contributed by atoms with E-state index < -0.39 is 11.7 Å². The van der Waals surface area contributed by atoms with Crippen molar-refractivity contribution in [3.05, 3.63) is 54.0 Å². The van der Waals surface area contributed by atoms with Gasteiger partial charge >= 0.3 is 6.18 Å². The van der Waals surface area contributed by atoms with Crippen LogP contribution in [-0.4, -0.2) is 15.0 Å². The van der Waals surface area contributed by atoms with E-state index in [4.69, 9.17) is 0 Å². The number of aromatic amines is 1. The molecular weight excluding hydrogens is 317 g/mol. The van der Waals surface area contributed by atoms with Crippen LogP contribution in [0.5, 0.6) is 0 Å².